The van der Waals surface area contributed by atoms with E-state index in [4.69, 9.17) is 9.15 Å². The summed E-state index contributed by atoms with van der Waals surface area (Å²) < 4.78 is 12.0. The minimum atomic E-state index is -1.05. The molecule has 2 rings (SSSR count). The Morgan fingerprint density at radius 1 is 1.21 bits per heavy atom. The van der Waals surface area contributed by atoms with Gasteiger partial charge < -0.3 is 19.8 Å². The van der Waals surface area contributed by atoms with Crippen molar-refractivity contribution in [3.63, 3.8) is 0 Å². The van der Waals surface area contributed by atoms with Gasteiger partial charge in [-0.05, 0) is 38.8 Å². The number of nitrogens with one attached hydrogen (secondary N) is 2. The Labute approximate surface area is 163 Å². The number of aromatic nitrogens is 2. The molecular weight excluding hydrogens is 364 g/mol. The van der Waals surface area contributed by atoms with Gasteiger partial charge in [-0.15, -0.1) is 0 Å². The number of furan rings is 1. The summed E-state index contributed by atoms with van der Waals surface area (Å²) in [5, 5.41) is 9.55. The van der Waals surface area contributed by atoms with E-state index in [9.17, 15) is 14.4 Å². The summed E-state index contributed by atoms with van der Waals surface area (Å²) in [6, 6.07) is 2.15. The van der Waals surface area contributed by atoms with Crippen LogP contribution in [-0.2, 0) is 21.4 Å². The molecule has 0 aliphatic carbocycles. The van der Waals surface area contributed by atoms with Gasteiger partial charge in [0.15, 0.2) is 11.9 Å². The molecule has 2 atom stereocenters. The van der Waals surface area contributed by atoms with Gasteiger partial charge in [-0.1, -0.05) is 13.8 Å². The summed E-state index contributed by atoms with van der Waals surface area (Å²) in [5.41, 5.74) is 2.04. The van der Waals surface area contributed by atoms with Crippen molar-refractivity contribution >= 4 is 23.5 Å². The standard InChI is InChI=1S/C19H26N4O5/c1-10(2)15(20-18(25)14-8-7-9-27-14)19(26)28-13(5)17(24)21-16-11(3)22-23(6)12(16)4/h7-10,13,15H,1-6H3,(H,20,25)(H,21,24)/t13-,15+/m1/s1. The Morgan fingerprint density at radius 3 is 2.39 bits per heavy atom. The third-order valence-electron chi connectivity index (χ3n) is 4.37. The SMILES string of the molecule is Cc1nn(C)c(C)c1NC(=O)[C@@H](C)OC(=O)[C@@H](NC(=O)c1ccco1)C(C)C. The van der Waals surface area contributed by atoms with Gasteiger partial charge in [0.25, 0.3) is 11.8 Å². The van der Waals surface area contributed by atoms with Crippen LogP contribution < -0.4 is 10.6 Å². The molecule has 0 aliphatic heterocycles. The minimum Gasteiger partial charge on any atom is -0.459 e. The van der Waals surface area contributed by atoms with E-state index in [0.717, 1.165) is 5.69 Å². The molecule has 0 unspecified atom stereocenters. The van der Waals surface area contributed by atoms with Crippen LogP contribution in [0.25, 0.3) is 0 Å². The second-order valence-corrected chi connectivity index (χ2v) is 6.91. The number of carbonyl (C=O) groups excluding carboxylic acids is 3. The lowest BCUT2D eigenvalue weighted by atomic mass is 10.0. The van der Waals surface area contributed by atoms with Crippen LogP contribution in [0.4, 0.5) is 5.69 Å². The molecule has 152 valence electrons. The molecule has 0 aromatic carbocycles. The number of ether oxygens (including phenoxy) is 1. The van der Waals surface area contributed by atoms with Gasteiger partial charge in [0.2, 0.25) is 0 Å². The van der Waals surface area contributed by atoms with Crippen LogP contribution >= 0.6 is 0 Å². The molecule has 9 nitrogen and oxygen atoms in total. The number of hydrogen-bond acceptors (Lipinski definition) is 6. The molecule has 28 heavy (non-hydrogen) atoms. The zero-order chi connectivity index (χ0) is 21.0. The third-order valence-corrected chi connectivity index (χ3v) is 4.37. The molecule has 2 N–H and O–H groups in total. The quantitative estimate of drug-likeness (QED) is 0.698. The molecule has 0 radical (unpaired) electrons. The fourth-order valence-corrected chi connectivity index (χ4v) is 2.60. The van der Waals surface area contributed by atoms with E-state index in [1.807, 2.05) is 6.92 Å². The molecule has 0 spiro atoms. The van der Waals surface area contributed by atoms with Crippen LogP contribution in [0, 0.1) is 19.8 Å². The predicted octanol–water partition coefficient (Wildman–Crippen LogP) is 1.95. The molecule has 0 saturated carbocycles. The van der Waals surface area contributed by atoms with Crippen LogP contribution in [-0.4, -0.2) is 39.7 Å². The number of hydrogen-bond donors (Lipinski definition) is 2. The first-order valence-electron chi connectivity index (χ1n) is 8.97. The summed E-state index contributed by atoms with van der Waals surface area (Å²) in [5.74, 6) is -1.86. The van der Waals surface area contributed by atoms with Crippen molar-refractivity contribution in [3.8, 4) is 0 Å². The van der Waals surface area contributed by atoms with Crippen molar-refractivity contribution < 1.29 is 23.5 Å². The zero-order valence-corrected chi connectivity index (χ0v) is 16.9. The van der Waals surface area contributed by atoms with E-state index in [1.54, 1.807) is 38.6 Å². The fourth-order valence-electron chi connectivity index (χ4n) is 2.60. The van der Waals surface area contributed by atoms with Crippen molar-refractivity contribution in [2.75, 3.05) is 5.32 Å². The van der Waals surface area contributed by atoms with E-state index in [1.165, 1.54) is 19.3 Å². The van der Waals surface area contributed by atoms with Crippen LogP contribution in [0.15, 0.2) is 22.8 Å². The van der Waals surface area contributed by atoms with Crippen molar-refractivity contribution in [3.05, 3.63) is 35.5 Å². The average Bonchev–Trinajstić information content (AvgIpc) is 3.23. The first-order chi connectivity index (χ1) is 13.1. The smallest absolute Gasteiger partial charge is 0.329 e. The lowest BCUT2D eigenvalue weighted by Crippen LogP contribution is -2.47. The molecule has 0 fully saturated rings. The maximum absolute atomic E-state index is 12.5. The summed E-state index contributed by atoms with van der Waals surface area (Å²) in [6.45, 7) is 8.60. The van der Waals surface area contributed by atoms with Crippen LogP contribution in [0.2, 0.25) is 0 Å². The van der Waals surface area contributed by atoms with E-state index < -0.39 is 29.9 Å². The minimum absolute atomic E-state index is 0.0896. The maximum Gasteiger partial charge on any atom is 0.329 e. The van der Waals surface area contributed by atoms with E-state index in [0.29, 0.717) is 11.4 Å². The number of nitrogens with zero attached hydrogens (tertiary/aromatic N) is 2. The van der Waals surface area contributed by atoms with Gasteiger partial charge in [-0.25, -0.2) is 4.79 Å². The highest BCUT2D eigenvalue weighted by Crippen LogP contribution is 2.19. The molecule has 2 aromatic rings. The highest BCUT2D eigenvalue weighted by molar-refractivity contribution is 5.97. The average molecular weight is 390 g/mol. The highest BCUT2D eigenvalue weighted by Gasteiger charge is 2.30. The number of rotatable bonds is 7. The molecule has 0 saturated heterocycles. The van der Waals surface area contributed by atoms with E-state index >= 15 is 0 Å². The second kappa shape index (κ2) is 8.73. The fraction of sp³-hybridized carbons (Fsp3) is 0.474. The number of esters is 1. The van der Waals surface area contributed by atoms with Crippen molar-refractivity contribution in [1.29, 1.82) is 0 Å². The van der Waals surface area contributed by atoms with Crippen LogP contribution in [0.5, 0.6) is 0 Å². The summed E-state index contributed by atoms with van der Waals surface area (Å²) >= 11 is 0. The summed E-state index contributed by atoms with van der Waals surface area (Å²) in [4.78, 5) is 37.1. The van der Waals surface area contributed by atoms with Gasteiger partial charge in [-0.2, -0.15) is 5.10 Å². The van der Waals surface area contributed by atoms with Gasteiger partial charge in [-0.3, -0.25) is 14.3 Å². The Bertz CT molecular complexity index is 854. The first kappa shape index (κ1) is 21.2. The summed E-state index contributed by atoms with van der Waals surface area (Å²) in [7, 11) is 1.77. The number of amides is 2. The van der Waals surface area contributed by atoms with Gasteiger partial charge in [0.1, 0.15) is 6.04 Å². The lowest BCUT2D eigenvalue weighted by molar-refractivity contribution is -0.156. The molecular formula is C19H26N4O5. The van der Waals surface area contributed by atoms with Crippen molar-refractivity contribution in [2.45, 2.75) is 46.8 Å². The van der Waals surface area contributed by atoms with Gasteiger partial charge in [0.05, 0.1) is 23.3 Å². The topological polar surface area (TPSA) is 115 Å². The van der Waals surface area contributed by atoms with Crippen molar-refractivity contribution in [2.24, 2.45) is 13.0 Å². The third kappa shape index (κ3) is 4.79. The van der Waals surface area contributed by atoms with Gasteiger partial charge >= 0.3 is 5.97 Å². The van der Waals surface area contributed by atoms with Crippen molar-refractivity contribution in [1.82, 2.24) is 15.1 Å². The number of carbonyl (C=O) groups is 3. The van der Waals surface area contributed by atoms with E-state index in [2.05, 4.69) is 15.7 Å². The Hall–Kier alpha value is -3.10. The zero-order valence-electron chi connectivity index (χ0n) is 16.9. The molecule has 0 bridgehead atoms. The monoisotopic (exact) mass is 390 g/mol. The number of aryl methyl sites for hydroxylation is 2. The molecule has 0 aliphatic rings. The Kier molecular flexibility index (Phi) is 6.61. The van der Waals surface area contributed by atoms with Crippen LogP contribution in [0.3, 0.4) is 0 Å². The predicted molar refractivity (Wildman–Crippen MR) is 102 cm³/mol. The van der Waals surface area contributed by atoms with E-state index in [-0.39, 0.29) is 11.7 Å². The highest BCUT2D eigenvalue weighted by atomic mass is 16.5. The molecule has 2 amide bonds. The Morgan fingerprint density at radius 2 is 1.89 bits per heavy atom. The largest absolute Gasteiger partial charge is 0.459 e. The molecule has 2 aromatic heterocycles. The lowest BCUT2D eigenvalue weighted by Gasteiger charge is -2.22. The molecule has 9 heteroatoms. The second-order valence-electron chi connectivity index (χ2n) is 6.91. The Balaban J connectivity index is 2.01. The van der Waals surface area contributed by atoms with Gasteiger partial charge in [0, 0.05) is 7.05 Å². The molecule has 2 heterocycles. The normalized spacial score (nSPS) is 13.1. The maximum atomic E-state index is 12.5. The number of anilines is 1. The first-order valence-corrected chi connectivity index (χ1v) is 8.97. The van der Waals surface area contributed by atoms with Crippen LogP contribution in [0.1, 0.15) is 42.7 Å². The summed E-state index contributed by atoms with van der Waals surface area (Å²) in [6.07, 6.45) is 0.320.